The van der Waals surface area contributed by atoms with Crippen LogP contribution in [-0.4, -0.2) is 82.2 Å². The minimum absolute atomic E-state index is 0.000754. The highest BCUT2D eigenvalue weighted by atomic mass is 16.4. The van der Waals surface area contributed by atoms with Gasteiger partial charge in [0.1, 0.15) is 18.1 Å². The summed E-state index contributed by atoms with van der Waals surface area (Å²) < 4.78 is 0. The molecule has 0 aliphatic carbocycles. The van der Waals surface area contributed by atoms with Crippen LogP contribution in [0, 0.1) is 5.92 Å². The second-order valence-electron chi connectivity index (χ2n) is 9.95. The number of nitrogens with zero attached hydrogens (tertiary/aromatic N) is 1. The van der Waals surface area contributed by atoms with Crippen molar-refractivity contribution in [3.8, 4) is 0 Å². The number of nitrogens with one attached hydrogen (secondary N) is 4. The molecular weight excluding hydrogens is 520 g/mol. The Morgan fingerprint density at radius 1 is 0.975 bits per heavy atom. The quantitative estimate of drug-likeness (QED) is 0.0669. The fourth-order valence-electron chi connectivity index (χ4n) is 4.09. The lowest BCUT2D eigenvalue weighted by atomic mass is 10.00. The summed E-state index contributed by atoms with van der Waals surface area (Å²) in [4.78, 5) is 57.7. The highest BCUT2D eigenvalue weighted by Crippen LogP contribution is 2.19. The van der Waals surface area contributed by atoms with Gasteiger partial charge in [0.2, 0.25) is 17.7 Å². The maximum absolute atomic E-state index is 13.4. The zero-order chi connectivity index (χ0) is 29.8. The number of rotatable bonds is 16. The second-order valence-corrected chi connectivity index (χ2v) is 9.95. The number of aliphatic hydroxyl groups is 1. The van der Waals surface area contributed by atoms with E-state index in [0.29, 0.717) is 18.5 Å². The van der Waals surface area contributed by atoms with Crippen LogP contribution in [0.5, 0.6) is 0 Å². The lowest BCUT2D eigenvalue weighted by Gasteiger charge is -2.26. The van der Waals surface area contributed by atoms with Crippen LogP contribution in [0.25, 0.3) is 10.9 Å². The van der Waals surface area contributed by atoms with E-state index in [1.807, 2.05) is 38.1 Å². The van der Waals surface area contributed by atoms with Crippen molar-refractivity contribution in [1.29, 1.82) is 0 Å². The topological polar surface area (TPSA) is 251 Å². The molecule has 4 unspecified atom stereocenters. The molecule has 1 heterocycles. The van der Waals surface area contributed by atoms with Gasteiger partial charge >= 0.3 is 5.97 Å². The van der Waals surface area contributed by atoms with E-state index in [4.69, 9.17) is 17.2 Å². The first kappa shape index (κ1) is 32.0. The molecule has 220 valence electrons. The molecule has 0 spiro atoms. The van der Waals surface area contributed by atoms with Crippen LogP contribution < -0.4 is 33.2 Å². The van der Waals surface area contributed by atoms with Gasteiger partial charge in [0.25, 0.3) is 0 Å². The minimum Gasteiger partial charge on any atom is -0.480 e. The van der Waals surface area contributed by atoms with Gasteiger partial charge in [-0.1, -0.05) is 32.0 Å². The van der Waals surface area contributed by atoms with Gasteiger partial charge in [0.05, 0.1) is 12.6 Å². The highest BCUT2D eigenvalue weighted by Gasteiger charge is 2.31. The number of carboxylic acid groups (broad SMARTS) is 1. The van der Waals surface area contributed by atoms with Crippen LogP contribution in [0.4, 0.5) is 0 Å². The summed E-state index contributed by atoms with van der Waals surface area (Å²) in [6.45, 7) is 3.21. The largest absolute Gasteiger partial charge is 0.480 e. The second kappa shape index (κ2) is 15.4. The normalized spacial score (nSPS) is 14.1. The van der Waals surface area contributed by atoms with Crippen molar-refractivity contribution in [1.82, 2.24) is 20.9 Å². The molecule has 14 heteroatoms. The number of nitrogens with two attached hydrogens (primary N) is 3. The number of carbonyl (C=O) groups is 4. The molecule has 2 aromatic rings. The number of aliphatic imine (C=N–C) groups is 1. The fourth-order valence-corrected chi connectivity index (χ4v) is 4.09. The Morgan fingerprint density at radius 3 is 2.23 bits per heavy atom. The molecule has 0 bridgehead atoms. The number of amides is 3. The zero-order valence-electron chi connectivity index (χ0n) is 22.7. The Bertz CT molecular complexity index is 1190. The third kappa shape index (κ3) is 9.85. The van der Waals surface area contributed by atoms with Crippen molar-refractivity contribution in [2.24, 2.45) is 28.1 Å². The van der Waals surface area contributed by atoms with E-state index in [9.17, 15) is 29.4 Å². The van der Waals surface area contributed by atoms with Crippen molar-refractivity contribution >= 4 is 40.6 Å². The maximum Gasteiger partial charge on any atom is 0.328 e. The van der Waals surface area contributed by atoms with Gasteiger partial charge in [-0.15, -0.1) is 0 Å². The fraction of sp³-hybridized carbons (Fsp3) is 0.500. The van der Waals surface area contributed by atoms with Crippen LogP contribution in [0.3, 0.4) is 0 Å². The van der Waals surface area contributed by atoms with E-state index in [-0.39, 0.29) is 31.1 Å². The molecule has 0 fully saturated rings. The van der Waals surface area contributed by atoms with Gasteiger partial charge in [-0.05, 0) is 36.8 Å². The third-order valence-corrected chi connectivity index (χ3v) is 6.17. The molecule has 14 nitrogen and oxygen atoms in total. The van der Waals surface area contributed by atoms with Crippen LogP contribution >= 0.6 is 0 Å². The number of benzene rings is 1. The average Bonchev–Trinajstić information content (AvgIpc) is 3.30. The number of aromatic nitrogens is 1. The van der Waals surface area contributed by atoms with Crippen molar-refractivity contribution in [2.75, 3.05) is 13.2 Å². The molecule has 0 aliphatic rings. The molecule has 40 heavy (non-hydrogen) atoms. The van der Waals surface area contributed by atoms with Crippen LogP contribution in [-0.2, 0) is 25.6 Å². The van der Waals surface area contributed by atoms with E-state index in [2.05, 4.69) is 25.9 Å². The first-order valence-corrected chi connectivity index (χ1v) is 13.0. The Balaban J connectivity index is 2.22. The number of carboxylic acids is 1. The number of H-pyrrole nitrogens is 1. The Hall–Kier alpha value is -4.17. The first-order chi connectivity index (χ1) is 18.9. The maximum atomic E-state index is 13.4. The summed E-state index contributed by atoms with van der Waals surface area (Å²) in [7, 11) is 0. The Labute approximate surface area is 232 Å². The van der Waals surface area contributed by atoms with E-state index < -0.39 is 54.5 Å². The van der Waals surface area contributed by atoms with E-state index >= 15 is 0 Å². The van der Waals surface area contributed by atoms with Crippen LogP contribution in [0.2, 0.25) is 0 Å². The first-order valence-electron chi connectivity index (χ1n) is 13.0. The van der Waals surface area contributed by atoms with Gasteiger partial charge < -0.3 is 48.3 Å². The molecule has 12 N–H and O–H groups in total. The summed E-state index contributed by atoms with van der Waals surface area (Å²) in [5, 5.41) is 27.1. The number of para-hydroxylation sites is 1. The number of carbonyl (C=O) groups excluding carboxylic acids is 3. The van der Waals surface area contributed by atoms with Gasteiger partial charge in [0.15, 0.2) is 5.96 Å². The van der Waals surface area contributed by atoms with Crippen LogP contribution in [0.1, 0.15) is 38.7 Å². The molecule has 2 rings (SSSR count). The smallest absolute Gasteiger partial charge is 0.328 e. The summed E-state index contributed by atoms with van der Waals surface area (Å²) in [6.07, 6.45) is 2.71. The Morgan fingerprint density at radius 2 is 1.60 bits per heavy atom. The van der Waals surface area contributed by atoms with Gasteiger partial charge in [0, 0.05) is 30.1 Å². The van der Waals surface area contributed by atoms with Crippen LogP contribution in [0.15, 0.2) is 35.5 Å². The Kier molecular flexibility index (Phi) is 12.4. The van der Waals surface area contributed by atoms with Gasteiger partial charge in [-0.3, -0.25) is 19.4 Å². The molecule has 1 aromatic heterocycles. The molecule has 0 radical (unpaired) electrons. The number of hydrogen-bond donors (Lipinski definition) is 9. The number of aliphatic carboxylic acids is 1. The number of hydrogen-bond acceptors (Lipinski definition) is 7. The van der Waals surface area contributed by atoms with E-state index in [1.54, 1.807) is 6.20 Å². The number of fused-ring (bicyclic) bond motifs is 1. The SMILES string of the molecule is CC(C)CC(NC(=O)C(N)CCCN=C(N)N)C(=O)NC(Cc1c[nH]c2ccccc12)C(=O)NC(CO)C(=O)O. The monoisotopic (exact) mass is 560 g/mol. The zero-order valence-corrected chi connectivity index (χ0v) is 22.7. The van der Waals surface area contributed by atoms with Crippen molar-refractivity contribution in [2.45, 2.75) is 63.7 Å². The van der Waals surface area contributed by atoms with Crippen molar-refractivity contribution < 1.29 is 29.4 Å². The standard InChI is InChI=1S/C26H40N8O6/c1-14(2)10-19(32-22(36)17(27)7-5-9-30-26(28)29)23(37)33-20(24(38)34-21(13-35)25(39)40)11-15-12-31-18-8-4-3-6-16(15)18/h3-4,6,8,12,14,17,19-21,31,35H,5,7,9-11,13,27H2,1-2H3,(H,32,36)(H,33,37)(H,34,38)(H,39,40)(H4,28,29,30). The highest BCUT2D eigenvalue weighted by molar-refractivity contribution is 5.95. The summed E-state index contributed by atoms with van der Waals surface area (Å²) in [6, 6.07) is 2.69. The third-order valence-electron chi connectivity index (χ3n) is 6.17. The van der Waals surface area contributed by atoms with Gasteiger partial charge in [-0.2, -0.15) is 0 Å². The minimum atomic E-state index is -1.56. The lowest BCUT2D eigenvalue weighted by molar-refractivity contribution is -0.143. The number of aliphatic hydroxyl groups excluding tert-OH is 1. The summed E-state index contributed by atoms with van der Waals surface area (Å²) in [5.74, 6) is -3.47. The molecule has 0 aliphatic heterocycles. The predicted octanol–water partition coefficient (Wildman–Crippen LogP) is -1.33. The van der Waals surface area contributed by atoms with E-state index in [1.165, 1.54) is 0 Å². The molecule has 1 aromatic carbocycles. The summed E-state index contributed by atoms with van der Waals surface area (Å²) in [5.41, 5.74) is 18.1. The van der Waals surface area contributed by atoms with Gasteiger partial charge in [-0.25, -0.2) is 4.79 Å². The predicted molar refractivity (Wildman–Crippen MR) is 150 cm³/mol. The van der Waals surface area contributed by atoms with Crippen molar-refractivity contribution in [3.63, 3.8) is 0 Å². The molecule has 0 saturated carbocycles. The van der Waals surface area contributed by atoms with E-state index in [0.717, 1.165) is 10.9 Å². The lowest BCUT2D eigenvalue weighted by Crippen LogP contribution is -2.58. The molecule has 4 atom stereocenters. The molecule has 0 saturated heterocycles. The average molecular weight is 561 g/mol. The number of aromatic amines is 1. The summed E-state index contributed by atoms with van der Waals surface area (Å²) >= 11 is 0. The van der Waals surface area contributed by atoms with Crippen molar-refractivity contribution in [3.05, 3.63) is 36.0 Å². The number of guanidine groups is 1. The molecule has 3 amide bonds. The molecular formula is C26H40N8O6.